The highest BCUT2D eigenvalue weighted by atomic mass is 16.6. The van der Waals surface area contributed by atoms with Crippen LogP contribution in [0.3, 0.4) is 0 Å². The predicted octanol–water partition coefficient (Wildman–Crippen LogP) is 6.74. The lowest BCUT2D eigenvalue weighted by molar-refractivity contribution is -0.157. The molecule has 0 unspecified atom stereocenters. The van der Waals surface area contributed by atoms with Crippen molar-refractivity contribution in [2.45, 2.75) is 104 Å². The van der Waals surface area contributed by atoms with Crippen molar-refractivity contribution < 1.29 is 33.3 Å². The fourth-order valence-electron chi connectivity index (χ4n) is 6.36. The summed E-state index contributed by atoms with van der Waals surface area (Å²) in [5, 5.41) is 2.85. The molecule has 0 radical (unpaired) electrons. The molecule has 1 saturated heterocycles. The standard InChI is InChI=1S/C38H54N4O7/c1-10-13-14-16-24-19-30(24)49-37(45)41-33(38(6,7)8)35(43)42-21-31(26(15-11-2)32(42)36(44)47-22-23(4)5)48-34-27(12-3)39-28-18-17-25(46-9)20-29(28)40-34/h10,12,17-18,20,23-24,26,30-33H,1,3,11,13-16,19,21-22H2,2,4-9H3,(H,41,45)/t24-,26-,30-,31+,32+,33-/m1/s1. The Kier molecular flexibility index (Phi) is 12.7. The summed E-state index contributed by atoms with van der Waals surface area (Å²) in [5.41, 5.74) is 0.955. The van der Waals surface area contributed by atoms with E-state index in [9.17, 15) is 14.4 Å². The monoisotopic (exact) mass is 678 g/mol. The zero-order valence-corrected chi connectivity index (χ0v) is 30.2. The van der Waals surface area contributed by atoms with E-state index in [1.165, 1.54) is 4.90 Å². The van der Waals surface area contributed by atoms with Gasteiger partial charge >= 0.3 is 12.1 Å². The van der Waals surface area contributed by atoms with Gasteiger partial charge in [-0.05, 0) is 67.6 Å². The van der Waals surface area contributed by atoms with E-state index in [-0.39, 0.29) is 31.1 Å². The highest BCUT2D eigenvalue weighted by Crippen LogP contribution is 2.39. The van der Waals surface area contributed by atoms with Gasteiger partial charge in [-0.2, -0.15) is 0 Å². The molecule has 2 heterocycles. The molecule has 2 aliphatic rings. The van der Waals surface area contributed by atoms with Crippen LogP contribution in [0.15, 0.2) is 37.4 Å². The molecule has 268 valence electrons. The molecule has 1 aromatic carbocycles. The summed E-state index contributed by atoms with van der Waals surface area (Å²) in [6.45, 7) is 19.5. The first-order chi connectivity index (χ1) is 23.3. The van der Waals surface area contributed by atoms with Crippen molar-refractivity contribution in [3.63, 3.8) is 0 Å². The fraction of sp³-hybridized carbons (Fsp3) is 0.605. The van der Waals surface area contributed by atoms with Gasteiger partial charge in [-0.15, -0.1) is 6.58 Å². The number of hydrogen-bond acceptors (Lipinski definition) is 9. The van der Waals surface area contributed by atoms with E-state index in [2.05, 4.69) is 23.5 Å². The number of unbranched alkanes of at least 4 members (excludes halogenated alkanes) is 1. The molecule has 2 amide bonds. The Morgan fingerprint density at radius 1 is 1.10 bits per heavy atom. The van der Waals surface area contributed by atoms with Gasteiger partial charge in [-0.3, -0.25) is 4.79 Å². The molecule has 2 aromatic rings. The molecule has 1 N–H and O–H groups in total. The number of allylic oxidation sites excluding steroid dienone is 1. The van der Waals surface area contributed by atoms with Crippen molar-refractivity contribution in [2.75, 3.05) is 20.3 Å². The van der Waals surface area contributed by atoms with Gasteiger partial charge in [0, 0.05) is 12.0 Å². The molecule has 1 saturated carbocycles. The maximum Gasteiger partial charge on any atom is 0.408 e. The number of benzene rings is 1. The van der Waals surface area contributed by atoms with Crippen molar-refractivity contribution in [3.05, 3.63) is 43.1 Å². The first-order valence-corrected chi connectivity index (χ1v) is 17.5. The normalized spacial score (nSPS) is 22.4. The topological polar surface area (TPSA) is 129 Å². The van der Waals surface area contributed by atoms with Gasteiger partial charge in [0.25, 0.3) is 0 Å². The van der Waals surface area contributed by atoms with Crippen molar-refractivity contribution in [2.24, 2.45) is 23.2 Å². The number of hydrogen-bond donors (Lipinski definition) is 1. The van der Waals surface area contributed by atoms with E-state index >= 15 is 0 Å². The number of amides is 2. The smallest absolute Gasteiger partial charge is 0.408 e. The molecular weight excluding hydrogens is 624 g/mol. The fourth-order valence-corrected chi connectivity index (χ4v) is 6.36. The summed E-state index contributed by atoms with van der Waals surface area (Å²) in [6.07, 6.45) is 7.04. The van der Waals surface area contributed by atoms with E-state index in [0.717, 1.165) is 32.1 Å². The molecule has 1 aliphatic carbocycles. The summed E-state index contributed by atoms with van der Waals surface area (Å²) in [4.78, 5) is 52.5. The lowest BCUT2D eigenvalue weighted by Gasteiger charge is -2.35. The number of carbonyl (C=O) groups excluding carboxylic acids is 3. The van der Waals surface area contributed by atoms with E-state index in [1.807, 2.05) is 53.7 Å². The molecule has 6 atom stereocenters. The number of ether oxygens (including phenoxy) is 4. The van der Waals surface area contributed by atoms with Gasteiger partial charge in [-0.1, -0.05) is 60.6 Å². The Hall–Kier alpha value is -4.15. The van der Waals surface area contributed by atoms with Crippen molar-refractivity contribution in [3.8, 4) is 11.6 Å². The quantitative estimate of drug-likeness (QED) is 0.117. The van der Waals surface area contributed by atoms with Crippen LogP contribution < -0.4 is 14.8 Å². The van der Waals surface area contributed by atoms with E-state index in [1.54, 1.807) is 25.3 Å². The average molecular weight is 679 g/mol. The number of methoxy groups -OCH3 is 1. The van der Waals surface area contributed by atoms with Gasteiger partial charge in [0.05, 0.1) is 31.3 Å². The van der Waals surface area contributed by atoms with Gasteiger partial charge in [-0.25, -0.2) is 19.6 Å². The van der Waals surface area contributed by atoms with Crippen LogP contribution in [0, 0.1) is 23.2 Å². The molecule has 0 bridgehead atoms. The third-order valence-corrected chi connectivity index (χ3v) is 9.10. The first-order valence-electron chi connectivity index (χ1n) is 17.5. The van der Waals surface area contributed by atoms with E-state index in [4.69, 9.17) is 23.9 Å². The summed E-state index contributed by atoms with van der Waals surface area (Å²) in [7, 11) is 1.58. The zero-order valence-electron chi connectivity index (χ0n) is 30.2. The van der Waals surface area contributed by atoms with E-state index < -0.39 is 47.5 Å². The lowest BCUT2D eigenvalue weighted by Crippen LogP contribution is -2.57. The Morgan fingerprint density at radius 3 is 2.49 bits per heavy atom. The second-order valence-corrected chi connectivity index (χ2v) is 14.6. The van der Waals surface area contributed by atoms with Gasteiger partial charge in [0.1, 0.15) is 35.7 Å². The van der Waals surface area contributed by atoms with Crippen molar-refractivity contribution in [1.82, 2.24) is 20.2 Å². The van der Waals surface area contributed by atoms with Crippen LogP contribution in [0.25, 0.3) is 17.1 Å². The molecular formula is C38H54N4O7. The number of rotatable bonds is 16. The van der Waals surface area contributed by atoms with E-state index in [0.29, 0.717) is 34.8 Å². The first kappa shape index (κ1) is 37.7. The third kappa shape index (κ3) is 9.51. The van der Waals surface area contributed by atoms with Crippen LogP contribution in [-0.2, 0) is 19.1 Å². The zero-order chi connectivity index (χ0) is 35.9. The SMILES string of the molecule is C=CCCC[C@@H]1C[C@H]1OC(=O)N[C@H](C(=O)N1C[C@H](Oc2nc3cc(OC)ccc3nc2C=C)[C@@H](CCC)[C@H]1C(=O)OCC(C)C)C(C)(C)C. The Morgan fingerprint density at radius 2 is 1.86 bits per heavy atom. The Bertz CT molecular complexity index is 1500. The predicted molar refractivity (Wildman–Crippen MR) is 189 cm³/mol. The molecule has 0 spiro atoms. The lowest BCUT2D eigenvalue weighted by atomic mass is 9.85. The third-order valence-electron chi connectivity index (χ3n) is 9.10. The molecule has 11 heteroatoms. The summed E-state index contributed by atoms with van der Waals surface area (Å²) in [5.74, 6) is -0.0254. The number of esters is 1. The average Bonchev–Trinajstić information content (AvgIpc) is 3.69. The van der Waals surface area contributed by atoms with Gasteiger partial charge < -0.3 is 29.2 Å². The van der Waals surface area contributed by atoms with Crippen LogP contribution in [0.5, 0.6) is 11.6 Å². The molecule has 1 aliphatic heterocycles. The van der Waals surface area contributed by atoms with Gasteiger partial charge in [0.2, 0.25) is 11.8 Å². The number of alkyl carbamates (subject to hydrolysis) is 1. The Balaban J connectivity index is 1.63. The minimum Gasteiger partial charge on any atom is -0.497 e. The van der Waals surface area contributed by atoms with Crippen molar-refractivity contribution in [1.29, 1.82) is 0 Å². The number of nitrogens with zero attached hydrogens (tertiary/aromatic N) is 3. The molecule has 4 rings (SSSR count). The highest BCUT2D eigenvalue weighted by molar-refractivity contribution is 5.91. The second kappa shape index (κ2) is 16.5. The maximum atomic E-state index is 14.6. The Labute approximate surface area is 290 Å². The second-order valence-electron chi connectivity index (χ2n) is 14.6. The minimum absolute atomic E-state index is 0.0800. The van der Waals surface area contributed by atoms with Crippen LogP contribution in [0.1, 0.15) is 85.8 Å². The molecule has 49 heavy (non-hydrogen) atoms. The summed E-state index contributed by atoms with van der Waals surface area (Å²) >= 11 is 0. The van der Waals surface area contributed by atoms with Crippen LogP contribution >= 0.6 is 0 Å². The maximum absolute atomic E-state index is 14.6. The van der Waals surface area contributed by atoms with Crippen LogP contribution in [0.4, 0.5) is 4.79 Å². The number of carbonyl (C=O) groups is 3. The number of aromatic nitrogens is 2. The van der Waals surface area contributed by atoms with Gasteiger partial charge in [0.15, 0.2) is 0 Å². The number of likely N-dealkylation sites (tertiary alicyclic amines) is 1. The minimum atomic E-state index is -0.976. The molecule has 2 fully saturated rings. The largest absolute Gasteiger partial charge is 0.497 e. The number of nitrogens with one attached hydrogen (secondary N) is 1. The summed E-state index contributed by atoms with van der Waals surface area (Å²) in [6, 6.07) is 3.48. The van der Waals surface area contributed by atoms with Crippen molar-refractivity contribution >= 4 is 35.1 Å². The number of fused-ring (bicyclic) bond motifs is 1. The van der Waals surface area contributed by atoms with Crippen LogP contribution in [0.2, 0.25) is 0 Å². The summed E-state index contributed by atoms with van der Waals surface area (Å²) < 4.78 is 23.5. The molecule has 1 aromatic heterocycles. The highest BCUT2D eigenvalue weighted by Gasteiger charge is 2.52. The van der Waals surface area contributed by atoms with Crippen LogP contribution in [-0.4, -0.2) is 77.4 Å². The molecule has 11 nitrogen and oxygen atoms in total.